The number of carbonyl (C=O) groups excluding carboxylic acids is 2. The number of fused-ring (bicyclic) bond motifs is 1. The lowest BCUT2D eigenvalue weighted by Gasteiger charge is -2.47. The van der Waals surface area contributed by atoms with Gasteiger partial charge in [-0.3, -0.25) is 19.2 Å². The summed E-state index contributed by atoms with van der Waals surface area (Å²) < 4.78 is 2.02. The number of amides is 2. The van der Waals surface area contributed by atoms with E-state index in [2.05, 4.69) is 35.4 Å². The highest BCUT2D eigenvalue weighted by molar-refractivity contribution is 6.43. The lowest BCUT2D eigenvalue weighted by Crippen LogP contribution is -2.48. The molecule has 3 aliphatic rings. The molecule has 2 fully saturated rings. The minimum absolute atomic E-state index is 0.0864. The Balaban J connectivity index is 1.05. The molecule has 42 heavy (non-hydrogen) atoms. The molecule has 3 aromatic rings. The largest absolute Gasteiger partial charge is 0.345 e. The Morgan fingerprint density at radius 3 is 2.50 bits per heavy atom. The van der Waals surface area contributed by atoms with Crippen LogP contribution in [0.4, 0.5) is 0 Å². The molecule has 2 saturated heterocycles. The summed E-state index contributed by atoms with van der Waals surface area (Å²) >= 11 is 12.4. The fourth-order valence-electron chi connectivity index (χ4n) is 6.97. The number of benzene rings is 2. The van der Waals surface area contributed by atoms with E-state index in [1.54, 1.807) is 18.2 Å². The fourth-order valence-corrected chi connectivity index (χ4v) is 7.36. The number of nitrogens with one attached hydrogen (secondary N) is 1. The molecule has 1 atom stereocenters. The van der Waals surface area contributed by atoms with Crippen LogP contribution in [0, 0.1) is 12.3 Å². The third kappa shape index (κ3) is 5.84. The summed E-state index contributed by atoms with van der Waals surface area (Å²) in [5.41, 5.74) is 6.06. The molecule has 1 unspecified atom stereocenters. The molecule has 1 aliphatic carbocycles. The maximum Gasteiger partial charge on any atom is 0.253 e. The fraction of sp³-hybridized carbons (Fsp3) is 0.485. The van der Waals surface area contributed by atoms with Crippen LogP contribution in [0.25, 0.3) is 0 Å². The number of aromatic nitrogens is 2. The molecule has 1 spiro atoms. The number of piperidine rings is 2. The van der Waals surface area contributed by atoms with E-state index in [1.165, 1.54) is 24.0 Å². The third-order valence-corrected chi connectivity index (χ3v) is 10.6. The van der Waals surface area contributed by atoms with Crippen molar-refractivity contribution in [2.45, 2.75) is 71.5 Å². The first-order valence-corrected chi connectivity index (χ1v) is 15.9. The molecule has 0 saturated carbocycles. The van der Waals surface area contributed by atoms with Crippen LogP contribution in [0.2, 0.25) is 10.0 Å². The second-order valence-electron chi connectivity index (χ2n) is 12.2. The highest BCUT2D eigenvalue weighted by Gasteiger charge is 2.39. The normalized spacial score (nSPS) is 20.1. The van der Waals surface area contributed by atoms with E-state index in [0.717, 1.165) is 76.2 Å². The average molecular weight is 609 g/mol. The molecule has 2 amide bonds. The number of aryl methyl sites for hydroxylation is 3. The van der Waals surface area contributed by atoms with Crippen molar-refractivity contribution in [3.8, 4) is 0 Å². The van der Waals surface area contributed by atoms with Crippen LogP contribution in [0.1, 0.15) is 88.2 Å². The molecule has 3 heterocycles. The second-order valence-corrected chi connectivity index (χ2v) is 13.0. The summed E-state index contributed by atoms with van der Waals surface area (Å²) in [6.07, 6.45) is 8.34. The first-order valence-electron chi connectivity index (χ1n) is 15.2. The van der Waals surface area contributed by atoms with E-state index in [0.29, 0.717) is 21.6 Å². The van der Waals surface area contributed by atoms with Crippen molar-refractivity contribution >= 4 is 35.0 Å². The van der Waals surface area contributed by atoms with Gasteiger partial charge in [-0.25, -0.2) is 0 Å². The molecule has 1 aromatic heterocycles. The van der Waals surface area contributed by atoms with E-state index < -0.39 is 0 Å². The highest BCUT2D eigenvalue weighted by atomic mass is 35.5. The van der Waals surface area contributed by atoms with E-state index in [9.17, 15) is 9.59 Å². The van der Waals surface area contributed by atoms with Gasteiger partial charge in [-0.05, 0) is 106 Å². The minimum Gasteiger partial charge on any atom is -0.345 e. The zero-order valence-corrected chi connectivity index (χ0v) is 26.0. The molecule has 0 bridgehead atoms. The summed E-state index contributed by atoms with van der Waals surface area (Å²) in [5, 5.41) is 8.33. The van der Waals surface area contributed by atoms with Crippen LogP contribution >= 0.6 is 23.2 Å². The van der Waals surface area contributed by atoms with E-state index in [4.69, 9.17) is 23.2 Å². The van der Waals surface area contributed by atoms with Gasteiger partial charge in [0.15, 0.2) is 0 Å². The highest BCUT2D eigenvalue weighted by Crippen LogP contribution is 2.42. The Labute approximate surface area is 258 Å². The molecule has 0 radical (unpaired) electrons. The maximum absolute atomic E-state index is 13.6. The standard InChI is InChI=1S/C33H39Cl2N5O2/c1-3-40-21-25(22(2)37-40)20-38-15-11-33(12-16-38)13-17-39(18-14-33)32(42)24-8-7-23-9-10-29(27(23)19-24)36-31(41)26-5-4-6-28(34)30(26)35/h4-8,19,21,29H,3,9-18,20H2,1-2H3,(H,36,41). The van der Waals surface area contributed by atoms with Crippen LogP contribution in [-0.2, 0) is 19.5 Å². The zero-order valence-electron chi connectivity index (χ0n) is 24.5. The summed E-state index contributed by atoms with van der Waals surface area (Å²) in [5.74, 6) is -0.168. The molecule has 2 aliphatic heterocycles. The van der Waals surface area contributed by atoms with Gasteiger partial charge in [0.2, 0.25) is 0 Å². The summed E-state index contributed by atoms with van der Waals surface area (Å²) in [6, 6.07) is 10.9. The Morgan fingerprint density at radius 2 is 1.79 bits per heavy atom. The van der Waals surface area contributed by atoms with Crippen LogP contribution in [0.15, 0.2) is 42.6 Å². The summed E-state index contributed by atoms with van der Waals surface area (Å²) in [6.45, 7) is 9.90. The lowest BCUT2D eigenvalue weighted by molar-refractivity contribution is 0.0284. The van der Waals surface area contributed by atoms with E-state index in [1.807, 2.05) is 27.8 Å². The van der Waals surface area contributed by atoms with Gasteiger partial charge in [-0.15, -0.1) is 0 Å². The number of likely N-dealkylation sites (tertiary alicyclic amines) is 2. The molecular formula is C33H39Cl2N5O2. The van der Waals surface area contributed by atoms with Crippen molar-refractivity contribution in [1.82, 2.24) is 24.9 Å². The molecule has 1 N–H and O–H groups in total. The molecule has 7 nitrogen and oxygen atoms in total. The predicted molar refractivity (Wildman–Crippen MR) is 166 cm³/mol. The van der Waals surface area contributed by atoms with Crippen molar-refractivity contribution in [1.29, 1.82) is 0 Å². The summed E-state index contributed by atoms with van der Waals surface area (Å²) in [7, 11) is 0. The topological polar surface area (TPSA) is 70.5 Å². The quantitative estimate of drug-likeness (QED) is 0.349. The van der Waals surface area contributed by atoms with Crippen LogP contribution in [0.5, 0.6) is 0 Å². The van der Waals surface area contributed by atoms with Gasteiger partial charge >= 0.3 is 0 Å². The van der Waals surface area contributed by atoms with Crippen molar-refractivity contribution in [2.24, 2.45) is 5.41 Å². The third-order valence-electron chi connectivity index (χ3n) is 9.77. The predicted octanol–water partition coefficient (Wildman–Crippen LogP) is 6.45. The monoisotopic (exact) mass is 607 g/mol. The van der Waals surface area contributed by atoms with Gasteiger partial charge in [-0.1, -0.05) is 35.3 Å². The number of nitrogens with zero attached hydrogens (tertiary/aromatic N) is 4. The Hall–Kier alpha value is -2.87. The maximum atomic E-state index is 13.6. The average Bonchev–Trinajstić information content (AvgIpc) is 3.57. The lowest BCUT2D eigenvalue weighted by atomic mass is 9.71. The zero-order chi connectivity index (χ0) is 29.4. The Bertz CT molecular complexity index is 1480. The molecule has 222 valence electrons. The number of rotatable bonds is 6. The molecule has 6 rings (SSSR count). The number of hydrogen-bond donors (Lipinski definition) is 1. The first kappa shape index (κ1) is 29.2. The smallest absolute Gasteiger partial charge is 0.253 e. The van der Waals surface area contributed by atoms with Crippen LogP contribution in [0.3, 0.4) is 0 Å². The number of hydrogen-bond acceptors (Lipinski definition) is 4. The van der Waals surface area contributed by atoms with Gasteiger partial charge < -0.3 is 10.2 Å². The number of carbonyl (C=O) groups is 2. The molecular weight excluding hydrogens is 569 g/mol. The van der Waals surface area contributed by atoms with Gasteiger partial charge in [-0.2, -0.15) is 5.10 Å². The van der Waals surface area contributed by atoms with Crippen molar-refractivity contribution in [2.75, 3.05) is 26.2 Å². The Kier molecular flexibility index (Phi) is 8.36. The van der Waals surface area contributed by atoms with Gasteiger partial charge in [0.1, 0.15) is 0 Å². The van der Waals surface area contributed by atoms with E-state index >= 15 is 0 Å². The minimum atomic E-state index is -0.254. The second kappa shape index (κ2) is 12.0. The van der Waals surface area contributed by atoms with Gasteiger partial charge in [0.05, 0.1) is 27.3 Å². The van der Waals surface area contributed by atoms with Crippen molar-refractivity contribution < 1.29 is 9.59 Å². The van der Waals surface area contributed by atoms with Gasteiger partial charge in [0, 0.05) is 43.5 Å². The molecule has 2 aromatic carbocycles. The Morgan fingerprint density at radius 1 is 1.05 bits per heavy atom. The van der Waals surface area contributed by atoms with Crippen molar-refractivity contribution in [3.05, 3.63) is 86.2 Å². The summed E-state index contributed by atoms with van der Waals surface area (Å²) in [4.78, 5) is 31.2. The van der Waals surface area contributed by atoms with Gasteiger partial charge in [0.25, 0.3) is 11.8 Å². The van der Waals surface area contributed by atoms with Crippen LogP contribution in [-0.4, -0.2) is 57.6 Å². The van der Waals surface area contributed by atoms with E-state index in [-0.39, 0.29) is 22.9 Å². The van der Waals surface area contributed by atoms with Crippen LogP contribution < -0.4 is 5.32 Å². The molecule has 9 heteroatoms. The number of halogens is 2. The first-order chi connectivity index (χ1) is 20.2. The van der Waals surface area contributed by atoms with Crippen molar-refractivity contribution in [3.63, 3.8) is 0 Å². The SMILES string of the molecule is CCn1cc(CN2CCC3(CC2)CCN(C(=O)c2ccc4c(c2)C(NC(=O)c2cccc(Cl)c2Cl)CC4)CC3)c(C)n1.